The first-order valence-electron chi connectivity index (χ1n) is 7.71. The van der Waals surface area contributed by atoms with Crippen molar-refractivity contribution in [3.8, 4) is 0 Å². The normalized spacial score (nSPS) is 12.5. The Labute approximate surface area is 152 Å². The number of aromatic amines is 1. The number of imidazole rings is 1. The van der Waals surface area contributed by atoms with Crippen LogP contribution in [0.15, 0.2) is 12.5 Å². The third kappa shape index (κ3) is 7.96. The van der Waals surface area contributed by atoms with Gasteiger partial charge in [-0.1, -0.05) is 0 Å². The van der Waals surface area contributed by atoms with Crippen LogP contribution in [0.1, 0.15) is 12.1 Å². The molecule has 0 bridgehead atoms. The van der Waals surface area contributed by atoms with Crippen molar-refractivity contribution in [1.29, 1.82) is 0 Å². The van der Waals surface area contributed by atoms with Crippen LogP contribution in [0.4, 0.5) is 0 Å². The van der Waals surface area contributed by atoms with E-state index in [1.807, 2.05) is 0 Å². The van der Waals surface area contributed by atoms with Crippen molar-refractivity contribution in [3.63, 3.8) is 0 Å². The van der Waals surface area contributed by atoms with E-state index in [1.165, 1.54) is 12.5 Å². The molecule has 13 heteroatoms. The van der Waals surface area contributed by atoms with Crippen molar-refractivity contribution in [2.45, 2.75) is 24.9 Å². The van der Waals surface area contributed by atoms with Gasteiger partial charge in [0.25, 0.3) is 0 Å². The highest BCUT2D eigenvalue weighted by molar-refractivity contribution is 5.93. The summed E-state index contributed by atoms with van der Waals surface area (Å²) >= 11 is 0. The van der Waals surface area contributed by atoms with Gasteiger partial charge in [0.2, 0.25) is 17.7 Å². The lowest BCUT2D eigenvalue weighted by Gasteiger charge is -2.17. The average Bonchev–Trinajstić information content (AvgIpc) is 3.10. The summed E-state index contributed by atoms with van der Waals surface area (Å²) in [6.45, 7) is -1.06. The fourth-order valence-corrected chi connectivity index (χ4v) is 1.99. The Bertz CT molecular complexity index is 690. The molecule has 3 amide bonds. The predicted molar refractivity (Wildman–Crippen MR) is 88.1 cm³/mol. The monoisotopic (exact) mass is 384 g/mol. The van der Waals surface area contributed by atoms with Gasteiger partial charge in [-0.25, -0.2) is 9.78 Å². The summed E-state index contributed by atoms with van der Waals surface area (Å²) in [4.78, 5) is 63.5. The van der Waals surface area contributed by atoms with Crippen LogP contribution in [-0.4, -0.2) is 75.0 Å². The predicted octanol–water partition coefficient (Wildman–Crippen LogP) is -3.44. The molecule has 0 spiro atoms. The van der Waals surface area contributed by atoms with E-state index in [4.69, 9.17) is 15.9 Å². The number of carboxylic acid groups (broad SMARTS) is 2. The van der Waals surface area contributed by atoms with Crippen LogP contribution in [0, 0.1) is 0 Å². The van der Waals surface area contributed by atoms with Crippen LogP contribution >= 0.6 is 0 Å². The lowest BCUT2D eigenvalue weighted by atomic mass is 10.1. The first kappa shape index (κ1) is 21.6. The highest BCUT2D eigenvalue weighted by atomic mass is 16.4. The molecule has 1 heterocycles. The number of nitrogens with zero attached hydrogens (tertiary/aromatic N) is 1. The Kier molecular flexibility index (Phi) is 8.38. The molecule has 13 nitrogen and oxygen atoms in total. The summed E-state index contributed by atoms with van der Waals surface area (Å²) in [6.07, 6.45) is 2.00. The van der Waals surface area contributed by atoms with Crippen LogP contribution in [-0.2, 0) is 30.4 Å². The van der Waals surface area contributed by atoms with E-state index >= 15 is 0 Å². The van der Waals surface area contributed by atoms with E-state index in [1.54, 1.807) is 0 Å². The minimum absolute atomic E-state index is 0.0524. The van der Waals surface area contributed by atoms with E-state index in [0.717, 1.165) is 0 Å². The Balaban J connectivity index is 2.58. The minimum atomic E-state index is -1.42. The van der Waals surface area contributed by atoms with Crippen LogP contribution in [0.2, 0.25) is 0 Å². The van der Waals surface area contributed by atoms with E-state index < -0.39 is 61.3 Å². The van der Waals surface area contributed by atoms with E-state index in [0.29, 0.717) is 5.69 Å². The molecule has 2 atom stereocenters. The van der Waals surface area contributed by atoms with Crippen molar-refractivity contribution >= 4 is 29.7 Å². The van der Waals surface area contributed by atoms with Crippen molar-refractivity contribution in [2.24, 2.45) is 5.73 Å². The Hall–Kier alpha value is -3.48. The number of hydrogen-bond donors (Lipinski definition) is 7. The van der Waals surface area contributed by atoms with Crippen LogP contribution in [0.25, 0.3) is 0 Å². The lowest BCUT2D eigenvalue weighted by molar-refractivity contribution is -0.142. The molecule has 1 aromatic heterocycles. The zero-order valence-corrected chi connectivity index (χ0v) is 14.1. The smallest absolute Gasteiger partial charge is 0.326 e. The molecule has 0 radical (unpaired) electrons. The molecule has 0 aliphatic carbocycles. The van der Waals surface area contributed by atoms with E-state index in [2.05, 4.69) is 25.9 Å². The van der Waals surface area contributed by atoms with Gasteiger partial charge in [0, 0.05) is 18.3 Å². The number of carbonyl (C=O) groups is 5. The van der Waals surface area contributed by atoms with Crippen LogP contribution in [0.5, 0.6) is 0 Å². The highest BCUT2D eigenvalue weighted by Crippen LogP contribution is 1.99. The van der Waals surface area contributed by atoms with E-state index in [9.17, 15) is 24.0 Å². The lowest BCUT2D eigenvalue weighted by Crippen LogP contribution is -2.52. The number of carbonyl (C=O) groups excluding carboxylic acids is 3. The largest absolute Gasteiger partial charge is 0.481 e. The number of hydrogen-bond acceptors (Lipinski definition) is 7. The minimum Gasteiger partial charge on any atom is -0.481 e. The number of amides is 3. The zero-order valence-electron chi connectivity index (χ0n) is 14.1. The molecule has 1 rings (SSSR count). The number of carboxylic acids is 2. The molecule has 0 saturated carbocycles. The summed E-state index contributed by atoms with van der Waals surface area (Å²) in [6, 6.07) is -2.69. The zero-order chi connectivity index (χ0) is 20.4. The topological polar surface area (TPSA) is 217 Å². The molecule has 0 aliphatic heterocycles. The van der Waals surface area contributed by atoms with Crippen LogP contribution in [0.3, 0.4) is 0 Å². The molecule has 0 saturated heterocycles. The third-order valence-corrected chi connectivity index (χ3v) is 3.25. The Morgan fingerprint density at radius 1 is 1.11 bits per heavy atom. The number of aromatic nitrogens is 2. The molecule has 1 aromatic rings. The molecular weight excluding hydrogens is 364 g/mol. The maximum Gasteiger partial charge on any atom is 0.326 e. The first-order valence-corrected chi connectivity index (χ1v) is 7.71. The summed E-state index contributed by atoms with van der Waals surface area (Å²) in [7, 11) is 0. The summed E-state index contributed by atoms with van der Waals surface area (Å²) in [5.74, 6) is -5.11. The van der Waals surface area contributed by atoms with Gasteiger partial charge in [0.1, 0.15) is 12.1 Å². The second kappa shape index (κ2) is 10.5. The van der Waals surface area contributed by atoms with Crippen molar-refractivity contribution in [1.82, 2.24) is 25.9 Å². The highest BCUT2D eigenvalue weighted by Gasteiger charge is 2.25. The van der Waals surface area contributed by atoms with Gasteiger partial charge in [0.05, 0.1) is 25.8 Å². The second-order valence-corrected chi connectivity index (χ2v) is 5.38. The summed E-state index contributed by atoms with van der Waals surface area (Å²) in [5.41, 5.74) is 5.58. The van der Waals surface area contributed by atoms with Gasteiger partial charge < -0.3 is 36.9 Å². The number of nitrogens with two attached hydrogens (primary N) is 1. The molecule has 0 aromatic carbocycles. The maximum atomic E-state index is 12.0. The maximum absolute atomic E-state index is 12.0. The summed E-state index contributed by atoms with van der Waals surface area (Å²) in [5, 5.41) is 24.4. The van der Waals surface area contributed by atoms with Crippen LogP contribution < -0.4 is 21.7 Å². The average molecular weight is 384 g/mol. The Morgan fingerprint density at radius 2 is 1.78 bits per heavy atom. The molecule has 27 heavy (non-hydrogen) atoms. The summed E-state index contributed by atoms with van der Waals surface area (Å²) < 4.78 is 0. The van der Waals surface area contributed by atoms with Gasteiger partial charge >= 0.3 is 11.9 Å². The van der Waals surface area contributed by atoms with Crippen molar-refractivity contribution in [2.75, 3.05) is 13.1 Å². The number of aliphatic carboxylic acids is 2. The molecule has 2 unspecified atom stereocenters. The van der Waals surface area contributed by atoms with Gasteiger partial charge in [0.15, 0.2) is 0 Å². The van der Waals surface area contributed by atoms with E-state index in [-0.39, 0.29) is 6.42 Å². The molecule has 148 valence electrons. The molecule has 8 N–H and O–H groups in total. The van der Waals surface area contributed by atoms with Crippen molar-refractivity contribution in [3.05, 3.63) is 18.2 Å². The SMILES string of the molecule is NCC(=O)NC(CC(=O)O)C(=O)NCC(=O)NC(Cc1cnc[nH]1)C(=O)O. The fraction of sp³-hybridized carbons (Fsp3) is 0.429. The third-order valence-electron chi connectivity index (χ3n) is 3.25. The number of H-pyrrole nitrogens is 1. The number of rotatable bonds is 11. The fourth-order valence-electron chi connectivity index (χ4n) is 1.99. The Morgan fingerprint density at radius 3 is 2.30 bits per heavy atom. The number of nitrogens with one attached hydrogen (secondary N) is 4. The molecular formula is C14H20N6O7. The molecule has 0 fully saturated rings. The van der Waals surface area contributed by atoms with Gasteiger partial charge in [-0.05, 0) is 0 Å². The standard InChI is InChI=1S/C14H20N6O7/c15-3-10(21)19-8(2-12(23)24)13(25)17-5-11(22)20-9(14(26)27)1-7-4-16-6-18-7/h4,6,8-9H,1-3,5,15H2,(H,16,18)(H,17,25)(H,19,21)(H,20,22)(H,23,24)(H,26,27). The second-order valence-electron chi connectivity index (χ2n) is 5.38. The molecule has 0 aliphatic rings. The quantitative estimate of drug-likeness (QED) is 0.201. The van der Waals surface area contributed by atoms with Gasteiger partial charge in [-0.3, -0.25) is 19.2 Å². The van der Waals surface area contributed by atoms with Crippen molar-refractivity contribution < 1.29 is 34.2 Å². The first-order chi connectivity index (χ1) is 12.7. The van der Waals surface area contributed by atoms with Gasteiger partial charge in [-0.15, -0.1) is 0 Å². The van der Waals surface area contributed by atoms with Gasteiger partial charge in [-0.2, -0.15) is 0 Å².